The SMILES string of the molecule is Cc1ccc(S(=O)(=O)N(C)C)cc1NC(=S)/C(=C(\O)c1ccc(OC(F)F)cc1OC(F)F)[n+]1ccc(C(C)(C)C)cc1. The number of nitrogens with zero attached hydrogens (tertiary/aromatic N) is 2. The Morgan fingerprint density at radius 2 is 1.58 bits per heavy atom. The van der Waals surface area contributed by atoms with Crippen molar-refractivity contribution < 1.29 is 45.1 Å². The van der Waals surface area contributed by atoms with Crippen LogP contribution in [-0.2, 0) is 15.4 Å². The Kier molecular flexibility index (Phi) is 10.4. The van der Waals surface area contributed by atoms with E-state index in [-0.39, 0.29) is 26.6 Å². The molecule has 1 heterocycles. The maximum atomic E-state index is 13.3. The number of thiocarbonyl (C=S) groups is 1. The summed E-state index contributed by atoms with van der Waals surface area (Å²) >= 11 is 5.66. The van der Waals surface area contributed by atoms with Gasteiger partial charge in [-0.05, 0) is 47.7 Å². The minimum atomic E-state index is -3.80. The second kappa shape index (κ2) is 13.3. The van der Waals surface area contributed by atoms with Crippen molar-refractivity contribution in [1.29, 1.82) is 0 Å². The van der Waals surface area contributed by atoms with Gasteiger partial charge in [0.05, 0.1) is 10.5 Å². The van der Waals surface area contributed by atoms with E-state index in [0.29, 0.717) is 11.3 Å². The van der Waals surface area contributed by atoms with Gasteiger partial charge in [-0.15, -0.1) is 0 Å². The van der Waals surface area contributed by atoms with E-state index in [0.717, 1.165) is 28.1 Å². The van der Waals surface area contributed by atoms with Crippen LogP contribution in [0.2, 0.25) is 0 Å². The van der Waals surface area contributed by atoms with E-state index in [9.17, 15) is 31.1 Å². The highest BCUT2D eigenvalue weighted by Gasteiger charge is 2.29. The molecule has 0 aliphatic heterocycles. The summed E-state index contributed by atoms with van der Waals surface area (Å²) in [6.45, 7) is 1.13. The topological polar surface area (TPSA) is 92.0 Å². The van der Waals surface area contributed by atoms with E-state index < -0.39 is 40.5 Å². The highest BCUT2D eigenvalue weighted by atomic mass is 32.2. The van der Waals surface area contributed by atoms with Crippen molar-refractivity contribution in [3.63, 3.8) is 0 Å². The van der Waals surface area contributed by atoms with Gasteiger partial charge in [-0.25, -0.2) is 12.7 Å². The van der Waals surface area contributed by atoms with Crippen molar-refractivity contribution >= 4 is 44.4 Å². The van der Waals surface area contributed by atoms with Crippen LogP contribution in [0.5, 0.6) is 11.5 Å². The molecule has 14 heteroatoms. The Morgan fingerprint density at radius 3 is 2.12 bits per heavy atom. The zero-order chi connectivity index (χ0) is 32.3. The Morgan fingerprint density at radius 1 is 0.977 bits per heavy atom. The number of anilines is 1. The fourth-order valence-electron chi connectivity index (χ4n) is 3.91. The molecule has 0 amide bonds. The van der Waals surface area contributed by atoms with Crippen LogP contribution in [0.3, 0.4) is 0 Å². The zero-order valence-electron chi connectivity index (χ0n) is 24.2. The molecule has 3 rings (SSSR count). The fraction of sp³-hybridized carbons (Fsp3) is 0.310. The van der Waals surface area contributed by atoms with Crippen molar-refractivity contribution in [2.45, 2.75) is 51.2 Å². The summed E-state index contributed by atoms with van der Waals surface area (Å²) in [5.74, 6) is -1.76. The number of aryl methyl sites for hydroxylation is 1. The van der Waals surface area contributed by atoms with E-state index in [2.05, 4.69) is 14.8 Å². The number of aliphatic hydroxyl groups is 1. The molecule has 2 N–H and O–H groups in total. The zero-order valence-corrected chi connectivity index (χ0v) is 25.9. The average Bonchev–Trinajstić information content (AvgIpc) is 2.89. The molecule has 0 spiro atoms. The number of pyridine rings is 1. The van der Waals surface area contributed by atoms with Gasteiger partial charge in [-0.2, -0.15) is 22.1 Å². The Hall–Kier alpha value is -3.75. The van der Waals surface area contributed by atoms with Gasteiger partial charge in [0, 0.05) is 38.0 Å². The van der Waals surface area contributed by atoms with Crippen LogP contribution in [0.1, 0.15) is 37.5 Å². The smallest absolute Gasteiger partial charge is 0.387 e. The summed E-state index contributed by atoms with van der Waals surface area (Å²) in [5.41, 5.74) is 1.23. The van der Waals surface area contributed by atoms with E-state index in [1.54, 1.807) is 37.5 Å². The van der Waals surface area contributed by atoms with Crippen LogP contribution in [0.25, 0.3) is 11.5 Å². The molecule has 8 nitrogen and oxygen atoms in total. The summed E-state index contributed by atoms with van der Waals surface area (Å²) in [5, 5.41) is 14.5. The Balaban J connectivity index is 2.22. The first-order valence-electron chi connectivity index (χ1n) is 12.8. The van der Waals surface area contributed by atoms with Gasteiger partial charge in [0.1, 0.15) is 11.5 Å². The molecular weight excluding hydrogens is 610 g/mol. The van der Waals surface area contributed by atoms with Crippen molar-refractivity contribution in [3.8, 4) is 11.5 Å². The first-order valence-corrected chi connectivity index (χ1v) is 14.6. The van der Waals surface area contributed by atoms with Crippen LogP contribution in [0.15, 0.2) is 65.8 Å². The van der Waals surface area contributed by atoms with E-state index >= 15 is 0 Å². The molecule has 0 saturated heterocycles. The number of alkyl halides is 4. The number of halogens is 4. The van der Waals surface area contributed by atoms with Crippen molar-refractivity contribution in [2.75, 3.05) is 19.4 Å². The summed E-state index contributed by atoms with van der Waals surface area (Å²) in [6, 6.07) is 10.9. The number of ether oxygens (including phenoxy) is 2. The largest absolute Gasteiger partial charge is 0.502 e. The van der Waals surface area contributed by atoms with Crippen LogP contribution in [-0.4, -0.2) is 50.1 Å². The highest BCUT2D eigenvalue weighted by Crippen LogP contribution is 2.34. The van der Waals surface area contributed by atoms with Gasteiger partial charge < -0.3 is 19.9 Å². The number of benzene rings is 2. The number of hydrogen-bond acceptors (Lipinski definition) is 6. The molecule has 3 aromatic rings. The molecule has 1 aromatic heterocycles. The number of hydrogen-bond donors (Lipinski definition) is 2. The van der Waals surface area contributed by atoms with E-state index in [1.807, 2.05) is 20.8 Å². The van der Waals surface area contributed by atoms with Crippen molar-refractivity contribution in [1.82, 2.24) is 4.31 Å². The van der Waals surface area contributed by atoms with Gasteiger partial charge in [0.2, 0.25) is 15.8 Å². The molecule has 0 atom stereocenters. The summed E-state index contributed by atoms with van der Waals surface area (Å²) < 4.78 is 89.0. The molecule has 0 saturated carbocycles. The lowest BCUT2D eigenvalue weighted by Gasteiger charge is -2.18. The molecule has 0 radical (unpaired) electrons. The first kappa shape index (κ1) is 33.7. The minimum absolute atomic E-state index is 0.0208. The number of nitrogens with one attached hydrogen (secondary N) is 1. The fourth-order valence-corrected chi connectivity index (χ4v) is 5.15. The third-order valence-electron chi connectivity index (χ3n) is 6.28. The second-order valence-corrected chi connectivity index (χ2v) is 13.1. The van der Waals surface area contributed by atoms with E-state index in [4.69, 9.17) is 12.2 Å². The highest BCUT2D eigenvalue weighted by molar-refractivity contribution is 7.89. The lowest BCUT2D eigenvalue weighted by molar-refractivity contribution is -0.576. The number of rotatable bonds is 10. The number of aromatic nitrogens is 1. The van der Waals surface area contributed by atoms with Crippen molar-refractivity contribution in [2.24, 2.45) is 0 Å². The lowest BCUT2D eigenvalue weighted by atomic mass is 9.88. The number of sulfonamides is 1. The molecular formula is C29H32F4N3O5S2+. The quantitative estimate of drug-likeness (QED) is 0.0875. The first-order chi connectivity index (χ1) is 19.9. The monoisotopic (exact) mass is 642 g/mol. The molecule has 0 aliphatic carbocycles. The predicted molar refractivity (Wildman–Crippen MR) is 159 cm³/mol. The molecule has 0 aliphatic rings. The lowest BCUT2D eigenvalue weighted by Crippen LogP contribution is -2.39. The normalized spacial score (nSPS) is 12.9. The minimum Gasteiger partial charge on any atom is -0.502 e. The Labute approximate surface area is 253 Å². The van der Waals surface area contributed by atoms with Gasteiger partial charge >= 0.3 is 13.2 Å². The average molecular weight is 643 g/mol. The maximum absolute atomic E-state index is 13.3. The van der Waals surface area contributed by atoms with Crippen LogP contribution in [0, 0.1) is 6.92 Å². The second-order valence-electron chi connectivity index (χ2n) is 10.6. The van der Waals surface area contributed by atoms with Crippen LogP contribution in [0.4, 0.5) is 23.2 Å². The molecule has 2 aromatic carbocycles. The predicted octanol–water partition coefficient (Wildman–Crippen LogP) is 6.36. The molecule has 0 fully saturated rings. The summed E-state index contributed by atoms with van der Waals surface area (Å²) in [6.07, 6.45) is 3.20. The van der Waals surface area contributed by atoms with Crippen LogP contribution >= 0.6 is 12.2 Å². The summed E-state index contributed by atoms with van der Waals surface area (Å²) in [7, 11) is -1.02. The summed E-state index contributed by atoms with van der Waals surface area (Å²) in [4.78, 5) is -0.142. The molecule has 0 unspecified atom stereocenters. The maximum Gasteiger partial charge on any atom is 0.387 e. The third-order valence-corrected chi connectivity index (χ3v) is 8.38. The van der Waals surface area contributed by atoms with Gasteiger partial charge in [-0.1, -0.05) is 39.1 Å². The molecule has 232 valence electrons. The Bertz CT molecular complexity index is 1620. The third kappa shape index (κ3) is 8.21. The van der Waals surface area contributed by atoms with E-state index in [1.165, 1.54) is 30.8 Å². The van der Waals surface area contributed by atoms with Crippen LogP contribution < -0.4 is 19.4 Å². The number of aliphatic hydroxyl groups excluding tert-OH is 1. The van der Waals surface area contributed by atoms with Gasteiger partial charge in [-0.3, -0.25) is 0 Å². The standard InChI is InChI=1S/C29H31F4N3O5S2/c1-17-7-9-20(43(38,39)35(5)6)16-22(17)34-26(42)24(36-13-11-18(12-14-36)29(2,3)4)25(37)21-10-8-19(40-27(30)31)15-23(21)41-28(32)33/h7-16,27-28H,1-6H3,(H-,34,37,42)/p+1. The molecule has 0 bridgehead atoms. The van der Waals surface area contributed by atoms with Gasteiger partial charge in [0.15, 0.2) is 17.4 Å². The molecule has 43 heavy (non-hydrogen) atoms. The van der Waals surface area contributed by atoms with Crippen molar-refractivity contribution in [3.05, 3.63) is 77.6 Å². The van der Waals surface area contributed by atoms with Gasteiger partial charge in [0.25, 0.3) is 5.70 Å².